The predicted octanol–water partition coefficient (Wildman–Crippen LogP) is 4.21. The molecule has 0 aliphatic heterocycles. The van der Waals surface area contributed by atoms with Gasteiger partial charge in [-0.05, 0) is 29.3 Å². The van der Waals surface area contributed by atoms with E-state index in [4.69, 9.17) is 4.74 Å². The van der Waals surface area contributed by atoms with Crippen LogP contribution in [0.3, 0.4) is 0 Å². The number of nitro groups is 1. The molecule has 0 aliphatic carbocycles. The van der Waals surface area contributed by atoms with Crippen molar-refractivity contribution in [3.8, 4) is 0 Å². The lowest BCUT2D eigenvalue weighted by molar-refractivity contribution is -0.387. The molecule has 6 heteroatoms. The Morgan fingerprint density at radius 1 is 1.20 bits per heavy atom. The number of ether oxygens (including phenoxy) is 1. The summed E-state index contributed by atoms with van der Waals surface area (Å²) in [5.41, 5.74) is 1.01. The van der Waals surface area contributed by atoms with Crippen LogP contribution < -0.4 is 0 Å². The van der Waals surface area contributed by atoms with Gasteiger partial charge in [-0.2, -0.15) is 4.39 Å². The Labute approximate surface area is 123 Å². The molecule has 2 aromatic carbocycles. The molecule has 0 fully saturated rings. The monoisotopic (exact) mass is 339 g/mol. The van der Waals surface area contributed by atoms with E-state index in [1.54, 1.807) is 0 Å². The Balaban J connectivity index is 1.97. The summed E-state index contributed by atoms with van der Waals surface area (Å²) in [4.78, 5) is 9.75. The molecule has 0 amide bonds. The minimum Gasteiger partial charge on any atom is -0.372 e. The summed E-state index contributed by atoms with van der Waals surface area (Å²) in [6.07, 6.45) is 0. The smallest absolute Gasteiger partial charge is 0.304 e. The second-order valence-corrected chi connectivity index (χ2v) is 4.98. The Kier molecular flexibility index (Phi) is 4.81. The maximum absolute atomic E-state index is 13.4. The number of hydrogen-bond acceptors (Lipinski definition) is 3. The Morgan fingerprint density at radius 3 is 2.60 bits per heavy atom. The second-order valence-electron chi connectivity index (χ2n) is 4.13. The lowest BCUT2D eigenvalue weighted by Crippen LogP contribution is -1.97. The molecule has 0 unspecified atom stereocenters. The molecule has 0 heterocycles. The van der Waals surface area contributed by atoms with Crippen molar-refractivity contribution in [1.82, 2.24) is 0 Å². The van der Waals surface area contributed by atoms with Crippen molar-refractivity contribution in [1.29, 1.82) is 0 Å². The largest absolute Gasteiger partial charge is 0.372 e. The minimum atomic E-state index is -0.850. The van der Waals surface area contributed by atoms with Crippen LogP contribution in [0, 0.1) is 15.9 Å². The van der Waals surface area contributed by atoms with Gasteiger partial charge in [-0.3, -0.25) is 10.1 Å². The van der Waals surface area contributed by atoms with Crippen molar-refractivity contribution in [2.24, 2.45) is 0 Å². The van der Waals surface area contributed by atoms with E-state index in [2.05, 4.69) is 15.9 Å². The number of benzene rings is 2. The fraction of sp³-hybridized carbons (Fsp3) is 0.143. The summed E-state index contributed by atoms with van der Waals surface area (Å²) in [6.45, 7) is 0.566. The van der Waals surface area contributed by atoms with Crippen molar-refractivity contribution in [2.75, 3.05) is 0 Å². The first-order chi connectivity index (χ1) is 9.58. The molecule has 4 nitrogen and oxygen atoms in total. The molecule has 2 aromatic rings. The van der Waals surface area contributed by atoms with E-state index in [0.29, 0.717) is 12.2 Å². The number of hydrogen-bond donors (Lipinski definition) is 0. The number of nitrogens with zero attached hydrogens (tertiary/aromatic N) is 1. The van der Waals surface area contributed by atoms with Crippen molar-refractivity contribution in [3.05, 3.63) is 74.0 Å². The van der Waals surface area contributed by atoms with Gasteiger partial charge in [0.05, 0.1) is 18.1 Å². The van der Waals surface area contributed by atoms with Gasteiger partial charge in [0.1, 0.15) is 0 Å². The molecule has 2 rings (SSSR count). The van der Waals surface area contributed by atoms with Gasteiger partial charge in [-0.15, -0.1) is 0 Å². The molecule has 0 spiro atoms. The summed E-state index contributed by atoms with van der Waals surface area (Å²) in [5, 5.41) is 10.5. The minimum absolute atomic E-state index is 0.191. The van der Waals surface area contributed by atoms with E-state index in [1.165, 1.54) is 6.07 Å². The van der Waals surface area contributed by atoms with Gasteiger partial charge in [0.15, 0.2) is 0 Å². The van der Waals surface area contributed by atoms with Gasteiger partial charge in [-0.25, -0.2) is 0 Å². The molecular weight excluding hydrogens is 329 g/mol. The maximum atomic E-state index is 13.4. The van der Waals surface area contributed by atoms with Crippen molar-refractivity contribution in [2.45, 2.75) is 13.2 Å². The van der Waals surface area contributed by atoms with E-state index in [0.717, 1.165) is 22.2 Å². The molecule has 104 valence electrons. The summed E-state index contributed by atoms with van der Waals surface area (Å²) in [7, 11) is 0. The molecule has 0 radical (unpaired) electrons. The van der Waals surface area contributed by atoms with Gasteiger partial charge in [-0.1, -0.05) is 34.1 Å². The van der Waals surface area contributed by atoms with Crippen LogP contribution in [-0.4, -0.2) is 4.92 Å². The lowest BCUT2D eigenvalue weighted by atomic mass is 10.2. The zero-order valence-corrected chi connectivity index (χ0v) is 12.0. The topological polar surface area (TPSA) is 52.4 Å². The first kappa shape index (κ1) is 14.6. The van der Waals surface area contributed by atoms with Crippen LogP contribution in [0.2, 0.25) is 0 Å². The van der Waals surface area contributed by atoms with Crippen LogP contribution in [0.4, 0.5) is 10.1 Å². The van der Waals surface area contributed by atoms with Crippen LogP contribution in [-0.2, 0) is 18.0 Å². The first-order valence-electron chi connectivity index (χ1n) is 5.82. The third-order valence-corrected chi connectivity index (χ3v) is 3.47. The highest BCUT2D eigenvalue weighted by Crippen LogP contribution is 2.20. The van der Waals surface area contributed by atoms with E-state index in [1.807, 2.05) is 24.3 Å². The van der Waals surface area contributed by atoms with Gasteiger partial charge in [0, 0.05) is 10.5 Å². The van der Waals surface area contributed by atoms with Crippen LogP contribution in [0.25, 0.3) is 0 Å². The molecular formula is C14H11BrFNO3. The molecule has 0 atom stereocenters. The summed E-state index contributed by atoms with van der Waals surface area (Å²) in [5.74, 6) is -0.850. The highest BCUT2D eigenvalue weighted by atomic mass is 79.9. The average molecular weight is 340 g/mol. The average Bonchev–Trinajstić information content (AvgIpc) is 2.40. The highest BCUT2D eigenvalue weighted by molar-refractivity contribution is 9.10. The van der Waals surface area contributed by atoms with E-state index < -0.39 is 16.4 Å². The van der Waals surface area contributed by atoms with Crippen molar-refractivity contribution in [3.63, 3.8) is 0 Å². The van der Waals surface area contributed by atoms with E-state index in [9.17, 15) is 14.5 Å². The molecule has 0 aromatic heterocycles. The molecule has 0 N–H and O–H groups in total. The van der Waals surface area contributed by atoms with Crippen LogP contribution in [0.1, 0.15) is 11.1 Å². The summed E-state index contributed by atoms with van der Waals surface area (Å²) in [6, 6.07) is 11.4. The van der Waals surface area contributed by atoms with Crippen LogP contribution in [0.15, 0.2) is 46.9 Å². The van der Waals surface area contributed by atoms with Crippen molar-refractivity contribution >= 4 is 21.6 Å². The van der Waals surface area contributed by atoms with E-state index in [-0.39, 0.29) is 6.61 Å². The third-order valence-electron chi connectivity index (χ3n) is 2.69. The van der Waals surface area contributed by atoms with Gasteiger partial charge in [0.2, 0.25) is 5.82 Å². The zero-order chi connectivity index (χ0) is 14.5. The fourth-order valence-electron chi connectivity index (χ4n) is 1.68. The van der Waals surface area contributed by atoms with Gasteiger partial charge < -0.3 is 4.74 Å². The maximum Gasteiger partial charge on any atom is 0.304 e. The zero-order valence-electron chi connectivity index (χ0n) is 10.4. The molecule has 0 bridgehead atoms. The van der Waals surface area contributed by atoms with E-state index >= 15 is 0 Å². The summed E-state index contributed by atoms with van der Waals surface area (Å²) >= 11 is 3.40. The summed E-state index contributed by atoms with van der Waals surface area (Å²) < 4.78 is 19.8. The Morgan fingerprint density at radius 2 is 1.95 bits per heavy atom. The number of rotatable bonds is 5. The lowest BCUT2D eigenvalue weighted by Gasteiger charge is -2.06. The fourth-order valence-corrected chi connectivity index (χ4v) is 2.08. The SMILES string of the molecule is O=[N+]([O-])c1ccc(COCc2ccccc2Br)cc1F. The normalized spacial score (nSPS) is 10.5. The van der Waals surface area contributed by atoms with Gasteiger partial charge >= 0.3 is 5.69 Å². The predicted molar refractivity (Wildman–Crippen MR) is 75.7 cm³/mol. The first-order valence-corrected chi connectivity index (χ1v) is 6.61. The number of nitro benzene ring substituents is 1. The van der Waals surface area contributed by atoms with Crippen molar-refractivity contribution < 1.29 is 14.1 Å². The molecule has 0 saturated heterocycles. The Bertz CT molecular complexity index is 634. The quantitative estimate of drug-likeness (QED) is 0.605. The highest BCUT2D eigenvalue weighted by Gasteiger charge is 2.13. The third kappa shape index (κ3) is 3.61. The molecule has 0 aliphatic rings. The van der Waals surface area contributed by atoms with Gasteiger partial charge in [0.25, 0.3) is 0 Å². The van der Waals surface area contributed by atoms with Crippen LogP contribution in [0.5, 0.6) is 0 Å². The van der Waals surface area contributed by atoms with Crippen LogP contribution >= 0.6 is 15.9 Å². The second kappa shape index (κ2) is 6.58. The number of halogens is 2. The molecule has 0 saturated carbocycles. The standard InChI is InChI=1S/C14H11BrFNO3/c15-12-4-2-1-3-11(12)9-20-8-10-5-6-14(17(18)19)13(16)7-10/h1-7H,8-9H2. The molecule has 20 heavy (non-hydrogen) atoms. The Hall–Kier alpha value is -1.79.